The molecule has 0 aromatic carbocycles. The van der Waals surface area contributed by atoms with E-state index in [2.05, 4.69) is 24.1 Å². The van der Waals surface area contributed by atoms with Gasteiger partial charge in [-0.25, -0.2) is 4.98 Å². The third-order valence-corrected chi connectivity index (χ3v) is 2.61. The number of nitrogens with one attached hydrogen (secondary N) is 1. The molecule has 5 heteroatoms. The number of carbonyl (C=O) groups is 1. The van der Waals surface area contributed by atoms with Crippen molar-refractivity contribution < 1.29 is 4.79 Å². The second kappa shape index (κ2) is 6.54. The molecule has 1 amide bonds. The van der Waals surface area contributed by atoms with Crippen molar-refractivity contribution in [3.63, 3.8) is 0 Å². The fourth-order valence-corrected chi connectivity index (χ4v) is 1.92. The standard InChI is InChI=1S/C13H24N4O/c1-9(2)5-11(14)12-6-15-8-17(12)7-13(18)16-10(3)4/h6,8-11H,5,7,14H2,1-4H3,(H,16,18). The smallest absolute Gasteiger partial charge is 0.240 e. The summed E-state index contributed by atoms with van der Waals surface area (Å²) in [5.41, 5.74) is 7.04. The second-order valence-electron chi connectivity index (χ2n) is 5.40. The summed E-state index contributed by atoms with van der Waals surface area (Å²) >= 11 is 0. The predicted octanol–water partition coefficient (Wildman–Crippen LogP) is 1.45. The summed E-state index contributed by atoms with van der Waals surface area (Å²) in [4.78, 5) is 15.8. The molecule has 0 bridgehead atoms. The Kier molecular flexibility index (Phi) is 5.34. The largest absolute Gasteiger partial charge is 0.352 e. The molecule has 1 aromatic heterocycles. The van der Waals surface area contributed by atoms with Crippen LogP contribution in [0.25, 0.3) is 0 Å². The Balaban J connectivity index is 2.67. The number of nitrogens with zero attached hydrogens (tertiary/aromatic N) is 2. The first-order valence-electron chi connectivity index (χ1n) is 6.45. The van der Waals surface area contributed by atoms with Crippen molar-refractivity contribution in [3.05, 3.63) is 18.2 Å². The highest BCUT2D eigenvalue weighted by Crippen LogP contribution is 2.18. The highest BCUT2D eigenvalue weighted by Gasteiger charge is 2.15. The van der Waals surface area contributed by atoms with E-state index in [9.17, 15) is 4.79 Å². The summed E-state index contributed by atoms with van der Waals surface area (Å²) in [5.74, 6) is 0.508. The van der Waals surface area contributed by atoms with Gasteiger partial charge in [-0.3, -0.25) is 4.79 Å². The lowest BCUT2D eigenvalue weighted by molar-refractivity contribution is -0.122. The van der Waals surface area contributed by atoms with Crippen LogP contribution >= 0.6 is 0 Å². The van der Waals surface area contributed by atoms with Crippen molar-refractivity contribution in [2.24, 2.45) is 11.7 Å². The Morgan fingerprint density at radius 2 is 2.11 bits per heavy atom. The molecule has 1 unspecified atom stereocenters. The van der Waals surface area contributed by atoms with Gasteiger partial charge in [0, 0.05) is 18.3 Å². The molecule has 18 heavy (non-hydrogen) atoms. The van der Waals surface area contributed by atoms with Crippen LogP contribution in [0.4, 0.5) is 0 Å². The molecule has 102 valence electrons. The minimum Gasteiger partial charge on any atom is -0.352 e. The van der Waals surface area contributed by atoms with E-state index in [1.807, 2.05) is 18.4 Å². The maximum Gasteiger partial charge on any atom is 0.240 e. The molecule has 1 atom stereocenters. The molecule has 1 heterocycles. The van der Waals surface area contributed by atoms with E-state index in [0.29, 0.717) is 5.92 Å². The summed E-state index contributed by atoms with van der Waals surface area (Å²) in [7, 11) is 0. The van der Waals surface area contributed by atoms with Crippen LogP contribution in [-0.2, 0) is 11.3 Å². The van der Waals surface area contributed by atoms with Gasteiger partial charge in [-0.05, 0) is 26.2 Å². The van der Waals surface area contributed by atoms with Crippen LogP contribution in [0, 0.1) is 5.92 Å². The SMILES string of the molecule is CC(C)CC(N)c1cncn1CC(=O)NC(C)C. The fraction of sp³-hybridized carbons (Fsp3) is 0.692. The Labute approximate surface area is 109 Å². The maximum absolute atomic E-state index is 11.7. The van der Waals surface area contributed by atoms with E-state index in [4.69, 9.17) is 5.73 Å². The average molecular weight is 252 g/mol. The number of hydrogen-bond donors (Lipinski definition) is 2. The normalized spacial score (nSPS) is 13.1. The van der Waals surface area contributed by atoms with E-state index in [1.54, 1.807) is 12.5 Å². The van der Waals surface area contributed by atoms with Crippen molar-refractivity contribution >= 4 is 5.91 Å². The second-order valence-corrected chi connectivity index (χ2v) is 5.40. The number of carbonyl (C=O) groups excluding carboxylic acids is 1. The fourth-order valence-electron chi connectivity index (χ4n) is 1.92. The zero-order valence-electron chi connectivity index (χ0n) is 11.7. The van der Waals surface area contributed by atoms with Crippen molar-refractivity contribution in [2.75, 3.05) is 0 Å². The summed E-state index contributed by atoms with van der Waals surface area (Å²) < 4.78 is 1.82. The van der Waals surface area contributed by atoms with Gasteiger partial charge < -0.3 is 15.6 Å². The molecule has 0 aliphatic heterocycles. The molecule has 1 aromatic rings. The van der Waals surface area contributed by atoms with Gasteiger partial charge in [-0.2, -0.15) is 0 Å². The van der Waals surface area contributed by atoms with Gasteiger partial charge in [0.2, 0.25) is 5.91 Å². The van der Waals surface area contributed by atoms with Crippen molar-refractivity contribution in [3.8, 4) is 0 Å². The number of hydrogen-bond acceptors (Lipinski definition) is 3. The molecule has 5 nitrogen and oxygen atoms in total. The lowest BCUT2D eigenvalue weighted by atomic mass is 10.0. The van der Waals surface area contributed by atoms with Crippen molar-refractivity contribution in [1.82, 2.24) is 14.9 Å². The van der Waals surface area contributed by atoms with E-state index < -0.39 is 0 Å². The lowest BCUT2D eigenvalue weighted by Crippen LogP contribution is -2.33. The van der Waals surface area contributed by atoms with Gasteiger partial charge in [-0.15, -0.1) is 0 Å². The summed E-state index contributed by atoms with van der Waals surface area (Å²) in [6.45, 7) is 8.42. The quantitative estimate of drug-likeness (QED) is 0.805. The van der Waals surface area contributed by atoms with Crippen LogP contribution in [-0.4, -0.2) is 21.5 Å². The molecule has 3 N–H and O–H groups in total. The first-order valence-corrected chi connectivity index (χ1v) is 6.45. The van der Waals surface area contributed by atoms with Gasteiger partial charge in [0.05, 0.1) is 12.0 Å². The summed E-state index contributed by atoms with van der Waals surface area (Å²) in [6.07, 6.45) is 4.29. The van der Waals surface area contributed by atoms with Gasteiger partial charge in [0.25, 0.3) is 0 Å². The van der Waals surface area contributed by atoms with E-state index in [-0.39, 0.29) is 24.5 Å². The highest BCUT2D eigenvalue weighted by molar-refractivity contribution is 5.76. The number of aromatic nitrogens is 2. The number of imidazole rings is 1. The average Bonchev–Trinajstić information content (AvgIpc) is 2.62. The van der Waals surface area contributed by atoms with Gasteiger partial charge in [-0.1, -0.05) is 13.8 Å². The van der Waals surface area contributed by atoms with Crippen molar-refractivity contribution in [1.29, 1.82) is 0 Å². The topological polar surface area (TPSA) is 72.9 Å². The highest BCUT2D eigenvalue weighted by atomic mass is 16.2. The van der Waals surface area contributed by atoms with Gasteiger partial charge >= 0.3 is 0 Å². The molecule has 0 aliphatic carbocycles. The number of rotatable bonds is 6. The predicted molar refractivity (Wildman–Crippen MR) is 71.9 cm³/mol. The Bertz CT molecular complexity index is 384. The maximum atomic E-state index is 11.7. The summed E-state index contributed by atoms with van der Waals surface area (Å²) in [6, 6.07) is 0.0770. The molecule has 0 spiro atoms. The zero-order valence-corrected chi connectivity index (χ0v) is 11.7. The summed E-state index contributed by atoms with van der Waals surface area (Å²) in [5, 5.41) is 2.86. The monoisotopic (exact) mass is 252 g/mol. The molecular formula is C13H24N4O. The van der Waals surface area contributed by atoms with Crippen LogP contribution in [0.3, 0.4) is 0 Å². The van der Waals surface area contributed by atoms with Crippen LogP contribution in [0.2, 0.25) is 0 Å². The van der Waals surface area contributed by atoms with E-state index >= 15 is 0 Å². The molecule has 0 aliphatic rings. The van der Waals surface area contributed by atoms with E-state index in [0.717, 1.165) is 12.1 Å². The van der Waals surface area contributed by atoms with Gasteiger partial charge in [0.1, 0.15) is 6.54 Å². The minimum absolute atomic E-state index is 0.0130. The third kappa shape index (κ3) is 4.49. The number of amides is 1. The van der Waals surface area contributed by atoms with E-state index in [1.165, 1.54) is 0 Å². The van der Waals surface area contributed by atoms with Crippen LogP contribution in [0.5, 0.6) is 0 Å². The van der Waals surface area contributed by atoms with Crippen molar-refractivity contribution in [2.45, 2.75) is 52.7 Å². The minimum atomic E-state index is -0.0700. The Morgan fingerprint density at radius 1 is 1.44 bits per heavy atom. The lowest BCUT2D eigenvalue weighted by Gasteiger charge is -2.17. The number of nitrogens with two attached hydrogens (primary N) is 1. The molecule has 0 saturated carbocycles. The molecule has 0 saturated heterocycles. The molecule has 0 radical (unpaired) electrons. The third-order valence-electron chi connectivity index (χ3n) is 2.61. The van der Waals surface area contributed by atoms with Crippen LogP contribution < -0.4 is 11.1 Å². The van der Waals surface area contributed by atoms with Crippen LogP contribution in [0.1, 0.15) is 45.9 Å². The Morgan fingerprint density at radius 3 is 2.67 bits per heavy atom. The molecule has 1 rings (SSSR count). The molecule has 0 fully saturated rings. The molecular weight excluding hydrogens is 228 g/mol. The Hall–Kier alpha value is -1.36. The first kappa shape index (κ1) is 14.7. The zero-order chi connectivity index (χ0) is 13.7. The van der Waals surface area contributed by atoms with Crippen LogP contribution in [0.15, 0.2) is 12.5 Å². The van der Waals surface area contributed by atoms with Gasteiger partial charge in [0.15, 0.2) is 0 Å². The first-order chi connectivity index (χ1) is 8.40.